The Kier molecular flexibility index (Phi) is 3.62. The van der Waals surface area contributed by atoms with Crippen LogP contribution < -0.4 is 10.5 Å². The Morgan fingerprint density at radius 1 is 1.40 bits per heavy atom. The maximum atomic E-state index is 10.6. The molecule has 0 atom stereocenters. The number of rotatable bonds is 4. The van der Waals surface area contributed by atoms with Crippen LogP contribution in [0.1, 0.15) is 11.1 Å². The van der Waals surface area contributed by atoms with Gasteiger partial charge in [0.1, 0.15) is 12.4 Å². The van der Waals surface area contributed by atoms with Gasteiger partial charge in [-0.05, 0) is 19.9 Å². The molecule has 0 saturated heterocycles. The summed E-state index contributed by atoms with van der Waals surface area (Å²) in [5.41, 5.74) is 6.85. The number of hydrogen-bond acceptors (Lipinski definition) is 4. The van der Waals surface area contributed by atoms with Crippen LogP contribution in [0, 0.1) is 24.0 Å². The van der Waals surface area contributed by atoms with Gasteiger partial charge >= 0.3 is 0 Å². The molecule has 0 spiro atoms. The Morgan fingerprint density at radius 3 is 2.60 bits per heavy atom. The average molecular weight is 210 g/mol. The molecule has 0 unspecified atom stereocenters. The molecule has 0 aliphatic rings. The first-order valence-corrected chi connectivity index (χ1v) is 4.65. The van der Waals surface area contributed by atoms with E-state index in [2.05, 4.69) is 0 Å². The summed E-state index contributed by atoms with van der Waals surface area (Å²) in [5, 5.41) is 10.6. The fraction of sp³-hybridized carbons (Fsp3) is 0.400. The Bertz CT molecular complexity index is 377. The largest absolute Gasteiger partial charge is 0.492 e. The second kappa shape index (κ2) is 4.75. The Balaban J connectivity index is 3.04. The minimum absolute atomic E-state index is 0.118. The van der Waals surface area contributed by atoms with Gasteiger partial charge in [0, 0.05) is 23.7 Å². The van der Waals surface area contributed by atoms with Gasteiger partial charge in [-0.15, -0.1) is 0 Å². The van der Waals surface area contributed by atoms with Gasteiger partial charge in [-0.3, -0.25) is 10.1 Å². The third-order valence-corrected chi connectivity index (χ3v) is 2.28. The lowest BCUT2D eigenvalue weighted by molar-refractivity contribution is -0.385. The van der Waals surface area contributed by atoms with Crippen molar-refractivity contribution in [1.29, 1.82) is 0 Å². The zero-order valence-corrected chi connectivity index (χ0v) is 8.82. The van der Waals surface area contributed by atoms with Crippen molar-refractivity contribution in [3.63, 3.8) is 0 Å². The molecule has 5 nitrogen and oxygen atoms in total. The monoisotopic (exact) mass is 210 g/mol. The lowest BCUT2D eigenvalue weighted by atomic mass is 10.1. The number of benzene rings is 1. The van der Waals surface area contributed by atoms with Crippen molar-refractivity contribution in [2.24, 2.45) is 5.73 Å². The summed E-state index contributed by atoms with van der Waals surface area (Å²) in [4.78, 5) is 10.3. The molecular formula is C10H14N2O3. The highest BCUT2D eigenvalue weighted by molar-refractivity contribution is 5.50. The molecule has 0 heterocycles. The van der Waals surface area contributed by atoms with Gasteiger partial charge in [0.05, 0.1) is 4.92 Å². The topological polar surface area (TPSA) is 78.4 Å². The first-order chi connectivity index (χ1) is 7.07. The summed E-state index contributed by atoms with van der Waals surface area (Å²) in [6, 6.07) is 3.06. The van der Waals surface area contributed by atoms with E-state index in [0.717, 1.165) is 5.56 Å². The predicted molar refractivity (Wildman–Crippen MR) is 57.1 cm³/mol. The molecule has 0 amide bonds. The van der Waals surface area contributed by atoms with Gasteiger partial charge in [-0.2, -0.15) is 0 Å². The lowest BCUT2D eigenvalue weighted by Crippen LogP contribution is -2.11. The average Bonchev–Trinajstić information content (AvgIpc) is 2.20. The highest BCUT2D eigenvalue weighted by Gasteiger charge is 2.14. The van der Waals surface area contributed by atoms with Crippen molar-refractivity contribution < 1.29 is 9.66 Å². The number of nitro groups is 1. The molecule has 0 aliphatic heterocycles. The molecule has 82 valence electrons. The maximum Gasteiger partial charge on any atom is 0.272 e. The molecule has 0 radical (unpaired) electrons. The first kappa shape index (κ1) is 11.5. The molecule has 1 rings (SSSR count). The summed E-state index contributed by atoms with van der Waals surface area (Å²) in [7, 11) is 0. The van der Waals surface area contributed by atoms with Gasteiger partial charge in [0.25, 0.3) is 5.69 Å². The van der Waals surface area contributed by atoms with Gasteiger partial charge < -0.3 is 10.5 Å². The van der Waals surface area contributed by atoms with E-state index in [-0.39, 0.29) is 5.69 Å². The third kappa shape index (κ3) is 2.44. The zero-order chi connectivity index (χ0) is 11.4. The SMILES string of the molecule is Cc1c(OCCN)ccc([N+](=O)[O-])c1C. The van der Waals surface area contributed by atoms with Gasteiger partial charge in [-0.25, -0.2) is 0 Å². The van der Waals surface area contributed by atoms with E-state index in [1.165, 1.54) is 6.07 Å². The van der Waals surface area contributed by atoms with Crippen LogP contribution in [0.2, 0.25) is 0 Å². The number of nitro benzene ring substituents is 1. The third-order valence-electron chi connectivity index (χ3n) is 2.28. The van der Waals surface area contributed by atoms with Crippen molar-refractivity contribution >= 4 is 5.69 Å². The second-order valence-electron chi connectivity index (χ2n) is 3.23. The number of ether oxygens (including phenoxy) is 1. The van der Waals surface area contributed by atoms with Crippen molar-refractivity contribution in [3.05, 3.63) is 33.4 Å². The number of nitrogens with zero attached hydrogens (tertiary/aromatic N) is 1. The molecular weight excluding hydrogens is 196 g/mol. The lowest BCUT2D eigenvalue weighted by Gasteiger charge is -2.09. The molecule has 1 aromatic rings. The molecule has 0 aromatic heterocycles. The fourth-order valence-corrected chi connectivity index (χ4v) is 1.30. The Labute approximate surface area is 88.0 Å². The molecule has 0 bridgehead atoms. The summed E-state index contributed by atoms with van der Waals surface area (Å²) in [5.74, 6) is 0.656. The van der Waals surface area contributed by atoms with Crippen LogP contribution in [0.3, 0.4) is 0 Å². The van der Waals surface area contributed by atoms with Crippen LogP contribution in [0.5, 0.6) is 5.75 Å². The van der Waals surface area contributed by atoms with Crippen LogP contribution in [-0.4, -0.2) is 18.1 Å². The molecule has 0 saturated carbocycles. The normalized spacial score (nSPS) is 10.1. The Morgan fingerprint density at radius 2 is 2.07 bits per heavy atom. The van der Waals surface area contributed by atoms with E-state index in [4.69, 9.17) is 10.5 Å². The highest BCUT2D eigenvalue weighted by Crippen LogP contribution is 2.28. The second-order valence-corrected chi connectivity index (χ2v) is 3.23. The maximum absolute atomic E-state index is 10.6. The first-order valence-electron chi connectivity index (χ1n) is 4.65. The number of nitrogens with two attached hydrogens (primary N) is 1. The van der Waals surface area contributed by atoms with E-state index in [0.29, 0.717) is 24.5 Å². The van der Waals surface area contributed by atoms with E-state index in [1.54, 1.807) is 19.9 Å². The van der Waals surface area contributed by atoms with Crippen LogP contribution >= 0.6 is 0 Å². The summed E-state index contributed by atoms with van der Waals surface area (Å²) >= 11 is 0. The van der Waals surface area contributed by atoms with Crippen LogP contribution in [-0.2, 0) is 0 Å². The van der Waals surface area contributed by atoms with Crippen molar-refractivity contribution in [1.82, 2.24) is 0 Å². The van der Waals surface area contributed by atoms with E-state index in [9.17, 15) is 10.1 Å². The molecule has 15 heavy (non-hydrogen) atoms. The van der Waals surface area contributed by atoms with Gasteiger partial charge in [-0.1, -0.05) is 0 Å². The zero-order valence-electron chi connectivity index (χ0n) is 8.82. The van der Waals surface area contributed by atoms with E-state index >= 15 is 0 Å². The fourth-order valence-electron chi connectivity index (χ4n) is 1.30. The Hall–Kier alpha value is -1.62. The van der Waals surface area contributed by atoms with Gasteiger partial charge in [0.15, 0.2) is 0 Å². The molecule has 5 heteroatoms. The molecule has 0 aliphatic carbocycles. The van der Waals surface area contributed by atoms with Crippen LogP contribution in [0.25, 0.3) is 0 Å². The van der Waals surface area contributed by atoms with E-state index < -0.39 is 4.92 Å². The summed E-state index contributed by atoms with van der Waals surface area (Å²) in [6.45, 7) is 4.35. The van der Waals surface area contributed by atoms with Crippen molar-refractivity contribution in [2.45, 2.75) is 13.8 Å². The smallest absolute Gasteiger partial charge is 0.272 e. The minimum atomic E-state index is -0.394. The van der Waals surface area contributed by atoms with Crippen LogP contribution in [0.15, 0.2) is 12.1 Å². The predicted octanol–water partition coefficient (Wildman–Crippen LogP) is 1.55. The highest BCUT2D eigenvalue weighted by atomic mass is 16.6. The minimum Gasteiger partial charge on any atom is -0.492 e. The molecule has 1 aromatic carbocycles. The van der Waals surface area contributed by atoms with Crippen molar-refractivity contribution in [3.8, 4) is 5.75 Å². The van der Waals surface area contributed by atoms with Crippen LogP contribution in [0.4, 0.5) is 5.69 Å². The van der Waals surface area contributed by atoms with Gasteiger partial charge in [0.2, 0.25) is 0 Å². The summed E-state index contributed by atoms with van der Waals surface area (Å²) < 4.78 is 5.35. The molecule has 2 N–H and O–H groups in total. The standard InChI is InChI=1S/C10H14N2O3/c1-7-8(2)10(15-6-5-11)4-3-9(7)12(13)14/h3-4H,5-6,11H2,1-2H3. The summed E-state index contributed by atoms with van der Waals surface area (Å²) in [6.07, 6.45) is 0. The number of hydrogen-bond donors (Lipinski definition) is 1. The van der Waals surface area contributed by atoms with E-state index in [1.807, 2.05) is 0 Å². The van der Waals surface area contributed by atoms with Crippen molar-refractivity contribution in [2.75, 3.05) is 13.2 Å². The molecule has 0 fully saturated rings. The quantitative estimate of drug-likeness (QED) is 0.604.